The number of benzene rings is 1. The third-order valence-corrected chi connectivity index (χ3v) is 5.80. The minimum absolute atomic E-state index is 0.198. The van der Waals surface area contributed by atoms with E-state index in [1.807, 2.05) is 18.2 Å². The topological polar surface area (TPSA) is 45.2 Å². The molecule has 1 aliphatic rings. The third-order valence-electron chi connectivity index (χ3n) is 4.71. The number of carbonyl (C=O) groups excluding carboxylic acids is 1. The number of aryl methyl sites for hydroxylation is 1. The zero-order chi connectivity index (χ0) is 17.6. The summed E-state index contributed by atoms with van der Waals surface area (Å²) in [6.07, 6.45) is 4.52. The fourth-order valence-electron chi connectivity index (χ4n) is 3.50. The van der Waals surface area contributed by atoms with E-state index in [9.17, 15) is 4.79 Å². The Morgan fingerprint density at radius 1 is 1.32 bits per heavy atom. The van der Waals surface area contributed by atoms with E-state index in [0.717, 1.165) is 49.3 Å². The van der Waals surface area contributed by atoms with Crippen LogP contribution in [0.4, 0.5) is 0 Å². The first-order valence-electron chi connectivity index (χ1n) is 9.46. The highest BCUT2D eigenvalue weighted by Gasteiger charge is 2.20. The zero-order valence-electron chi connectivity index (χ0n) is 15.3. The molecule has 0 atom stereocenters. The molecule has 2 heterocycles. The number of nitrogens with zero attached hydrogens (tertiary/aromatic N) is 2. The Morgan fingerprint density at radius 2 is 2.08 bits per heavy atom. The maximum atomic E-state index is 12.2. The molecular formula is C20H29N3OS. The number of aromatic nitrogens is 1. The van der Waals surface area contributed by atoms with Crippen LogP contribution in [0.1, 0.15) is 44.5 Å². The molecule has 1 aromatic heterocycles. The highest BCUT2D eigenvalue weighted by atomic mass is 32.1. The molecule has 1 saturated heterocycles. The summed E-state index contributed by atoms with van der Waals surface area (Å²) in [6, 6.07) is 8.58. The van der Waals surface area contributed by atoms with E-state index in [-0.39, 0.29) is 5.91 Å². The summed E-state index contributed by atoms with van der Waals surface area (Å²) < 4.78 is 1.23. The molecular weight excluding hydrogens is 330 g/mol. The second kappa shape index (κ2) is 8.77. The quantitative estimate of drug-likeness (QED) is 0.816. The molecule has 1 aliphatic heterocycles. The van der Waals surface area contributed by atoms with E-state index in [2.05, 4.69) is 35.1 Å². The Kier molecular flexibility index (Phi) is 6.43. The van der Waals surface area contributed by atoms with E-state index in [0.29, 0.717) is 18.4 Å². The molecule has 136 valence electrons. The Labute approximate surface area is 154 Å². The van der Waals surface area contributed by atoms with Gasteiger partial charge in [-0.2, -0.15) is 0 Å². The molecule has 25 heavy (non-hydrogen) atoms. The summed E-state index contributed by atoms with van der Waals surface area (Å²) in [5, 5.41) is 4.36. The number of amides is 1. The summed E-state index contributed by atoms with van der Waals surface area (Å²) in [6.45, 7) is 7.91. The number of likely N-dealkylation sites (tertiary alicyclic amines) is 1. The van der Waals surface area contributed by atoms with Gasteiger partial charge in [0.2, 0.25) is 5.91 Å². The Balaban J connectivity index is 1.36. The van der Waals surface area contributed by atoms with Crippen LogP contribution in [0.5, 0.6) is 0 Å². The Bertz CT molecular complexity index is 656. The lowest BCUT2D eigenvalue weighted by Gasteiger charge is -2.33. The van der Waals surface area contributed by atoms with E-state index < -0.39 is 0 Å². The van der Waals surface area contributed by atoms with Gasteiger partial charge >= 0.3 is 0 Å². The third kappa shape index (κ3) is 5.51. The van der Waals surface area contributed by atoms with Gasteiger partial charge in [0.25, 0.3) is 0 Å². The number of hydrogen-bond acceptors (Lipinski definition) is 4. The molecule has 0 spiro atoms. The highest BCUT2D eigenvalue weighted by Crippen LogP contribution is 2.22. The average molecular weight is 360 g/mol. The molecule has 3 rings (SSSR count). The number of nitrogens with one attached hydrogen (secondary N) is 1. The van der Waals surface area contributed by atoms with Gasteiger partial charge in [-0.25, -0.2) is 4.98 Å². The zero-order valence-corrected chi connectivity index (χ0v) is 16.1. The Morgan fingerprint density at radius 3 is 2.80 bits per heavy atom. The van der Waals surface area contributed by atoms with Gasteiger partial charge in [-0.15, -0.1) is 11.3 Å². The minimum Gasteiger partial charge on any atom is -0.353 e. The van der Waals surface area contributed by atoms with Crippen molar-refractivity contribution >= 4 is 27.5 Å². The van der Waals surface area contributed by atoms with Crippen LogP contribution in [-0.4, -0.2) is 41.5 Å². The number of thiazole rings is 1. The van der Waals surface area contributed by atoms with Crippen molar-refractivity contribution in [2.45, 2.75) is 52.0 Å². The lowest BCUT2D eigenvalue weighted by Crippen LogP contribution is -2.45. The SMILES string of the molecule is CC(C)CN1CCC(NC(=O)CCCc2nc3ccccc3s2)CC1. The van der Waals surface area contributed by atoms with Crippen molar-refractivity contribution in [3.63, 3.8) is 0 Å². The molecule has 4 nitrogen and oxygen atoms in total. The molecule has 1 aromatic carbocycles. The first-order chi connectivity index (χ1) is 12.1. The second-order valence-corrected chi connectivity index (χ2v) is 8.58. The van der Waals surface area contributed by atoms with Crippen LogP contribution in [0, 0.1) is 5.92 Å². The van der Waals surface area contributed by atoms with E-state index in [1.165, 1.54) is 11.2 Å². The van der Waals surface area contributed by atoms with Crippen molar-refractivity contribution in [3.8, 4) is 0 Å². The molecule has 5 heteroatoms. The van der Waals surface area contributed by atoms with Crippen molar-refractivity contribution in [1.29, 1.82) is 0 Å². The van der Waals surface area contributed by atoms with Crippen LogP contribution in [-0.2, 0) is 11.2 Å². The first kappa shape index (κ1) is 18.3. The lowest BCUT2D eigenvalue weighted by molar-refractivity contribution is -0.122. The van der Waals surface area contributed by atoms with Gasteiger partial charge in [0.1, 0.15) is 0 Å². The standard InChI is InChI=1S/C20H29N3OS/c1-15(2)14-23-12-10-16(11-13-23)21-19(24)8-5-9-20-22-17-6-3-4-7-18(17)25-20/h3-4,6-7,15-16H,5,8-14H2,1-2H3,(H,21,24). The molecule has 0 bridgehead atoms. The number of piperidine rings is 1. The molecule has 0 aliphatic carbocycles. The van der Waals surface area contributed by atoms with E-state index in [4.69, 9.17) is 0 Å². The smallest absolute Gasteiger partial charge is 0.220 e. The van der Waals surface area contributed by atoms with Crippen LogP contribution < -0.4 is 5.32 Å². The highest BCUT2D eigenvalue weighted by molar-refractivity contribution is 7.18. The molecule has 0 radical (unpaired) electrons. The van der Waals surface area contributed by atoms with Crippen LogP contribution in [0.15, 0.2) is 24.3 Å². The van der Waals surface area contributed by atoms with Gasteiger partial charge in [0.05, 0.1) is 15.2 Å². The predicted molar refractivity (Wildman–Crippen MR) is 105 cm³/mol. The summed E-state index contributed by atoms with van der Waals surface area (Å²) in [5.41, 5.74) is 1.07. The number of carbonyl (C=O) groups is 1. The maximum Gasteiger partial charge on any atom is 0.220 e. The van der Waals surface area contributed by atoms with Gasteiger partial charge in [-0.3, -0.25) is 4.79 Å². The van der Waals surface area contributed by atoms with Gasteiger partial charge in [-0.1, -0.05) is 26.0 Å². The number of rotatable bonds is 7. The fraction of sp³-hybridized carbons (Fsp3) is 0.600. The maximum absolute atomic E-state index is 12.2. The molecule has 1 N–H and O–H groups in total. The predicted octanol–water partition coefficient (Wildman–Crippen LogP) is 3.86. The molecule has 0 unspecified atom stereocenters. The van der Waals surface area contributed by atoms with Gasteiger partial charge in [0.15, 0.2) is 0 Å². The van der Waals surface area contributed by atoms with E-state index in [1.54, 1.807) is 11.3 Å². The molecule has 0 saturated carbocycles. The van der Waals surface area contributed by atoms with Gasteiger partial charge in [0, 0.05) is 32.1 Å². The van der Waals surface area contributed by atoms with Crippen LogP contribution in [0.25, 0.3) is 10.2 Å². The van der Waals surface area contributed by atoms with Gasteiger partial charge in [-0.05, 0) is 43.7 Å². The van der Waals surface area contributed by atoms with Crippen LogP contribution in [0.2, 0.25) is 0 Å². The lowest BCUT2D eigenvalue weighted by atomic mass is 10.0. The molecule has 1 fully saturated rings. The molecule has 2 aromatic rings. The minimum atomic E-state index is 0.198. The summed E-state index contributed by atoms with van der Waals surface area (Å²) in [4.78, 5) is 19.3. The van der Waals surface area contributed by atoms with Crippen molar-refractivity contribution in [2.24, 2.45) is 5.92 Å². The number of para-hydroxylation sites is 1. The normalized spacial score (nSPS) is 16.6. The number of fused-ring (bicyclic) bond motifs is 1. The summed E-state index contributed by atoms with van der Waals surface area (Å²) in [7, 11) is 0. The number of hydrogen-bond donors (Lipinski definition) is 1. The Hall–Kier alpha value is -1.46. The summed E-state index contributed by atoms with van der Waals surface area (Å²) >= 11 is 1.74. The largest absolute Gasteiger partial charge is 0.353 e. The second-order valence-electron chi connectivity index (χ2n) is 7.47. The fourth-order valence-corrected chi connectivity index (χ4v) is 4.51. The van der Waals surface area contributed by atoms with Crippen molar-refractivity contribution in [2.75, 3.05) is 19.6 Å². The van der Waals surface area contributed by atoms with Crippen LogP contribution >= 0.6 is 11.3 Å². The molecule has 1 amide bonds. The van der Waals surface area contributed by atoms with Crippen molar-refractivity contribution in [1.82, 2.24) is 15.2 Å². The average Bonchev–Trinajstić information content (AvgIpc) is 2.99. The van der Waals surface area contributed by atoms with E-state index >= 15 is 0 Å². The summed E-state index contributed by atoms with van der Waals surface area (Å²) in [5.74, 6) is 0.914. The van der Waals surface area contributed by atoms with Crippen LogP contribution in [0.3, 0.4) is 0 Å². The van der Waals surface area contributed by atoms with Crippen molar-refractivity contribution < 1.29 is 4.79 Å². The van der Waals surface area contributed by atoms with Gasteiger partial charge < -0.3 is 10.2 Å². The monoisotopic (exact) mass is 359 g/mol. The first-order valence-corrected chi connectivity index (χ1v) is 10.3. The van der Waals surface area contributed by atoms with Crippen molar-refractivity contribution in [3.05, 3.63) is 29.3 Å².